The molecule has 182 valence electrons. The Kier molecular flexibility index (Phi) is 11.3. The fourth-order valence-corrected chi connectivity index (χ4v) is 5.28. The lowest BCUT2D eigenvalue weighted by Crippen LogP contribution is -2.37. The molecule has 0 radical (unpaired) electrons. The van der Waals surface area contributed by atoms with E-state index in [0.717, 1.165) is 57.2 Å². The third kappa shape index (κ3) is 9.41. The van der Waals surface area contributed by atoms with Crippen molar-refractivity contribution in [2.75, 3.05) is 13.1 Å². The normalized spacial score (nSPS) is 11.9. The Morgan fingerprint density at radius 3 is 2.00 bits per heavy atom. The quantitative estimate of drug-likeness (QED) is 0.290. The minimum Gasteiger partial charge on any atom is -0.338 e. The Bertz CT molecular complexity index is 958. The van der Waals surface area contributed by atoms with Gasteiger partial charge in [0.05, 0.1) is 0 Å². The number of amides is 1. The summed E-state index contributed by atoms with van der Waals surface area (Å²) in [6.45, 7) is 2.18. The average molecular weight is 478 g/mol. The number of nitrogens with zero attached hydrogens (tertiary/aromatic N) is 1. The summed E-state index contributed by atoms with van der Waals surface area (Å²) in [6.07, 6.45) is 7.63. The van der Waals surface area contributed by atoms with Crippen molar-refractivity contribution in [3.63, 3.8) is 0 Å². The predicted molar refractivity (Wildman–Crippen MR) is 144 cm³/mol. The van der Waals surface area contributed by atoms with Gasteiger partial charge in [-0.3, -0.25) is 4.79 Å². The van der Waals surface area contributed by atoms with Crippen molar-refractivity contribution in [2.24, 2.45) is 11.5 Å². The third-order valence-corrected chi connectivity index (χ3v) is 7.25. The van der Waals surface area contributed by atoms with Crippen molar-refractivity contribution in [3.05, 3.63) is 93.7 Å². The van der Waals surface area contributed by atoms with Crippen LogP contribution >= 0.6 is 11.3 Å². The van der Waals surface area contributed by atoms with Gasteiger partial charge in [-0.25, -0.2) is 0 Å². The van der Waals surface area contributed by atoms with Crippen LogP contribution in [0.4, 0.5) is 0 Å². The molecule has 4 nitrogen and oxygen atoms in total. The van der Waals surface area contributed by atoms with Crippen LogP contribution in [0.2, 0.25) is 0 Å². The molecule has 1 amide bonds. The summed E-state index contributed by atoms with van der Waals surface area (Å²) < 4.78 is 0. The van der Waals surface area contributed by atoms with Crippen molar-refractivity contribution < 1.29 is 4.79 Å². The van der Waals surface area contributed by atoms with E-state index in [1.165, 1.54) is 21.7 Å². The molecule has 0 spiro atoms. The van der Waals surface area contributed by atoms with E-state index in [-0.39, 0.29) is 11.9 Å². The van der Waals surface area contributed by atoms with Gasteiger partial charge in [-0.05, 0) is 74.8 Å². The molecular weight excluding hydrogens is 438 g/mol. The van der Waals surface area contributed by atoms with Crippen LogP contribution in [0.25, 0.3) is 0 Å². The first-order chi connectivity index (χ1) is 16.6. The van der Waals surface area contributed by atoms with Crippen LogP contribution < -0.4 is 11.5 Å². The minimum absolute atomic E-state index is 0.144. The average Bonchev–Trinajstić information content (AvgIpc) is 3.30. The fraction of sp³-hybridized carbons (Fsp3) is 0.414. The van der Waals surface area contributed by atoms with E-state index in [1.54, 1.807) is 0 Å². The molecular formula is C29H39N3OS. The minimum atomic E-state index is -0.169. The highest BCUT2D eigenvalue weighted by molar-refractivity contribution is 7.11. The second kappa shape index (κ2) is 14.7. The topological polar surface area (TPSA) is 72.3 Å². The molecule has 0 unspecified atom stereocenters. The van der Waals surface area contributed by atoms with Gasteiger partial charge in [-0.1, -0.05) is 60.7 Å². The Morgan fingerprint density at radius 2 is 1.38 bits per heavy atom. The number of nitrogens with two attached hydrogens (primary N) is 2. The van der Waals surface area contributed by atoms with E-state index >= 15 is 0 Å². The van der Waals surface area contributed by atoms with Gasteiger partial charge in [0.2, 0.25) is 5.91 Å². The van der Waals surface area contributed by atoms with Crippen molar-refractivity contribution >= 4 is 17.2 Å². The molecule has 34 heavy (non-hydrogen) atoms. The Balaban J connectivity index is 1.49. The smallest absolute Gasteiger partial charge is 0.224 e. The van der Waals surface area contributed by atoms with E-state index < -0.39 is 0 Å². The van der Waals surface area contributed by atoms with Gasteiger partial charge in [-0.2, -0.15) is 0 Å². The van der Waals surface area contributed by atoms with Crippen LogP contribution in [0, 0.1) is 0 Å². The van der Waals surface area contributed by atoms with Crippen LogP contribution in [-0.4, -0.2) is 29.9 Å². The first kappa shape index (κ1) is 26.1. The standard InChI is InChI=1S/C29H39N3OS/c30-19-9-7-15-27-17-18-28(34-27)16-8-10-20-32(23-25-13-5-2-6-14-25)29(33)22-26(31)21-24-11-3-1-4-12-24/h1-6,11-14,17-18,26H,7-10,15-16,19-23,30-31H2/t26-/m0/s1. The van der Waals surface area contributed by atoms with Crippen LogP contribution in [0.15, 0.2) is 72.8 Å². The third-order valence-electron chi connectivity index (χ3n) is 6.04. The molecule has 3 aromatic rings. The fourth-order valence-electron chi connectivity index (χ4n) is 4.17. The van der Waals surface area contributed by atoms with Gasteiger partial charge in [0, 0.05) is 35.3 Å². The molecule has 0 saturated heterocycles. The Labute approximate surface area is 209 Å². The molecule has 0 fully saturated rings. The Hall–Kier alpha value is -2.47. The van der Waals surface area contributed by atoms with Gasteiger partial charge in [0.15, 0.2) is 0 Å². The van der Waals surface area contributed by atoms with Gasteiger partial charge < -0.3 is 16.4 Å². The molecule has 1 atom stereocenters. The molecule has 1 heterocycles. The predicted octanol–water partition coefficient (Wildman–Crippen LogP) is 5.34. The highest BCUT2D eigenvalue weighted by atomic mass is 32.1. The van der Waals surface area contributed by atoms with E-state index in [0.29, 0.717) is 13.0 Å². The number of unbranched alkanes of at least 4 members (excludes halogenated alkanes) is 2. The zero-order valence-electron chi connectivity index (χ0n) is 20.2. The molecule has 5 heteroatoms. The number of rotatable bonds is 15. The highest BCUT2D eigenvalue weighted by Gasteiger charge is 2.18. The van der Waals surface area contributed by atoms with Crippen LogP contribution in [0.5, 0.6) is 0 Å². The van der Waals surface area contributed by atoms with E-state index in [1.807, 2.05) is 52.6 Å². The molecule has 0 aliphatic heterocycles. The number of carbonyl (C=O) groups excluding carboxylic acids is 1. The molecule has 3 rings (SSSR count). The van der Waals surface area contributed by atoms with Gasteiger partial charge in [0.1, 0.15) is 0 Å². The summed E-state index contributed by atoms with van der Waals surface area (Å²) in [5.74, 6) is 0.144. The maximum atomic E-state index is 13.2. The van der Waals surface area contributed by atoms with Crippen LogP contribution in [0.3, 0.4) is 0 Å². The number of benzene rings is 2. The van der Waals surface area contributed by atoms with Crippen molar-refractivity contribution in [1.82, 2.24) is 4.90 Å². The lowest BCUT2D eigenvalue weighted by atomic mass is 10.0. The molecule has 0 saturated carbocycles. The Morgan fingerprint density at radius 1 is 0.794 bits per heavy atom. The largest absolute Gasteiger partial charge is 0.338 e. The van der Waals surface area contributed by atoms with E-state index in [2.05, 4.69) is 36.4 Å². The number of carbonyl (C=O) groups is 1. The summed E-state index contributed by atoms with van der Waals surface area (Å²) in [5.41, 5.74) is 14.3. The van der Waals surface area contributed by atoms with Gasteiger partial charge in [0.25, 0.3) is 0 Å². The SMILES string of the molecule is NCCCCc1ccc(CCCCN(Cc2ccccc2)C(=O)C[C@@H](N)Cc2ccccc2)s1. The summed E-state index contributed by atoms with van der Waals surface area (Å²) >= 11 is 1.92. The van der Waals surface area contributed by atoms with Gasteiger partial charge in [-0.15, -0.1) is 11.3 Å². The van der Waals surface area contributed by atoms with E-state index in [9.17, 15) is 4.79 Å². The van der Waals surface area contributed by atoms with E-state index in [4.69, 9.17) is 11.5 Å². The van der Waals surface area contributed by atoms with Crippen molar-refractivity contribution in [2.45, 2.75) is 64.0 Å². The lowest BCUT2D eigenvalue weighted by Gasteiger charge is -2.24. The lowest BCUT2D eigenvalue weighted by molar-refractivity contribution is -0.132. The first-order valence-electron chi connectivity index (χ1n) is 12.5. The second-order valence-corrected chi connectivity index (χ2v) is 10.3. The number of hydrogen-bond donors (Lipinski definition) is 2. The maximum absolute atomic E-state index is 13.2. The molecule has 0 aliphatic rings. The van der Waals surface area contributed by atoms with Crippen molar-refractivity contribution in [3.8, 4) is 0 Å². The maximum Gasteiger partial charge on any atom is 0.224 e. The second-order valence-electron chi connectivity index (χ2n) is 9.03. The molecule has 1 aromatic heterocycles. The summed E-state index contributed by atoms with van der Waals surface area (Å²) in [7, 11) is 0. The zero-order valence-corrected chi connectivity index (χ0v) is 21.0. The number of hydrogen-bond acceptors (Lipinski definition) is 4. The van der Waals surface area contributed by atoms with Crippen molar-refractivity contribution in [1.29, 1.82) is 0 Å². The molecule has 2 aromatic carbocycles. The molecule has 0 bridgehead atoms. The molecule has 4 N–H and O–H groups in total. The number of thiophene rings is 1. The molecule has 0 aliphatic carbocycles. The highest BCUT2D eigenvalue weighted by Crippen LogP contribution is 2.21. The number of aryl methyl sites for hydroxylation is 2. The summed E-state index contributed by atoms with van der Waals surface area (Å²) in [5, 5.41) is 0. The first-order valence-corrected chi connectivity index (χ1v) is 13.3. The monoisotopic (exact) mass is 477 g/mol. The van der Waals surface area contributed by atoms with Gasteiger partial charge >= 0.3 is 0 Å². The van der Waals surface area contributed by atoms with Crippen LogP contribution in [-0.2, 0) is 30.6 Å². The summed E-state index contributed by atoms with van der Waals surface area (Å²) in [4.78, 5) is 18.1. The zero-order chi connectivity index (χ0) is 24.0. The summed E-state index contributed by atoms with van der Waals surface area (Å²) in [6, 6.07) is 24.8. The van der Waals surface area contributed by atoms with Crippen LogP contribution in [0.1, 0.15) is 53.0 Å².